The standard InChI is InChI=1S/C23H29ClN6O2/c1-14(31)29-6-4-23(5-7-29)10-19(23)27-21(32)28-20-8-15(17(24)12-25-20)16-11-26-30-13-22(2,3)9-18(16)30/h8,11-12,19H,4-7,9-10,13H2,1-3H3,(H2,25,27,28,32). The highest BCUT2D eigenvalue weighted by atomic mass is 35.5. The van der Waals surface area contributed by atoms with E-state index in [4.69, 9.17) is 11.6 Å². The van der Waals surface area contributed by atoms with Crippen molar-refractivity contribution in [2.24, 2.45) is 10.8 Å². The lowest BCUT2D eigenvalue weighted by molar-refractivity contribution is -0.130. The normalized spacial score (nSPS) is 22.5. The first-order chi connectivity index (χ1) is 15.2. The maximum atomic E-state index is 12.6. The van der Waals surface area contributed by atoms with Crippen LogP contribution in [0.3, 0.4) is 0 Å². The van der Waals surface area contributed by atoms with Gasteiger partial charge in [-0.15, -0.1) is 0 Å². The number of pyridine rings is 1. The Kier molecular flexibility index (Phi) is 4.96. The molecule has 0 radical (unpaired) electrons. The molecule has 8 nitrogen and oxygen atoms in total. The molecule has 1 unspecified atom stereocenters. The van der Waals surface area contributed by atoms with Crippen molar-refractivity contribution in [1.29, 1.82) is 0 Å². The average molecular weight is 457 g/mol. The number of amides is 3. The number of carbonyl (C=O) groups is 2. The van der Waals surface area contributed by atoms with Crippen molar-refractivity contribution in [3.63, 3.8) is 0 Å². The molecule has 2 aliphatic heterocycles. The van der Waals surface area contributed by atoms with Crippen LogP contribution >= 0.6 is 11.6 Å². The number of rotatable bonds is 3. The van der Waals surface area contributed by atoms with Gasteiger partial charge in [-0.1, -0.05) is 25.4 Å². The molecule has 2 aromatic heterocycles. The Hall–Kier alpha value is -2.61. The molecular weight excluding hydrogens is 428 g/mol. The van der Waals surface area contributed by atoms with Crippen molar-refractivity contribution in [1.82, 2.24) is 25.0 Å². The molecule has 1 saturated carbocycles. The van der Waals surface area contributed by atoms with Crippen LogP contribution in [0.2, 0.25) is 5.02 Å². The van der Waals surface area contributed by atoms with Crippen LogP contribution in [-0.2, 0) is 17.8 Å². The minimum absolute atomic E-state index is 0.125. The van der Waals surface area contributed by atoms with E-state index in [1.54, 1.807) is 13.1 Å². The third-order valence-electron chi connectivity index (χ3n) is 7.26. The van der Waals surface area contributed by atoms with Gasteiger partial charge < -0.3 is 10.2 Å². The van der Waals surface area contributed by atoms with Gasteiger partial charge in [-0.3, -0.25) is 14.8 Å². The van der Waals surface area contributed by atoms with E-state index in [2.05, 4.69) is 34.6 Å². The molecule has 4 heterocycles. The number of urea groups is 1. The summed E-state index contributed by atoms with van der Waals surface area (Å²) in [6.45, 7) is 8.48. The van der Waals surface area contributed by atoms with E-state index in [-0.39, 0.29) is 28.8 Å². The van der Waals surface area contributed by atoms with Gasteiger partial charge in [-0.2, -0.15) is 5.10 Å². The number of hydrogen-bond donors (Lipinski definition) is 2. The summed E-state index contributed by atoms with van der Waals surface area (Å²) in [4.78, 5) is 30.4. The third-order valence-corrected chi connectivity index (χ3v) is 7.56. The van der Waals surface area contributed by atoms with E-state index in [0.717, 1.165) is 62.1 Å². The van der Waals surface area contributed by atoms with Crippen LogP contribution in [0.15, 0.2) is 18.5 Å². The minimum atomic E-state index is -0.261. The molecule has 5 rings (SSSR count). The van der Waals surface area contributed by atoms with Crippen molar-refractivity contribution >= 4 is 29.4 Å². The lowest BCUT2D eigenvalue weighted by Crippen LogP contribution is -2.41. The summed E-state index contributed by atoms with van der Waals surface area (Å²) >= 11 is 6.47. The molecule has 1 saturated heterocycles. The number of hydrogen-bond acceptors (Lipinski definition) is 4. The van der Waals surface area contributed by atoms with Crippen LogP contribution < -0.4 is 10.6 Å². The van der Waals surface area contributed by atoms with Gasteiger partial charge in [-0.25, -0.2) is 9.78 Å². The Bertz CT molecular complexity index is 1090. The van der Waals surface area contributed by atoms with Gasteiger partial charge in [0.25, 0.3) is 0 Å². The van der Waals surface area contributed by atoms with Crippen LogP contribution in [0.1, 0.15) is 45.7 Å². The fraction of sp³-hybridized carbons (Fsp3) is 0.565. The van der Waals surface area contributed by atoms with Crippen LogP contribution in [0.5, 0.6) is 0 Å². The van der Waals surface area contributed by atoms with E-state index in [0.29, 0.717) is 10.8 Å². The predicted octanol–water partition coefficient (Wildman–Crippen LogP) is 3.70. The topological polar surface area (TPSA) is 92.2 Å². The Morgan fingerprint density at radius 2 is 1.94 bits per heavy atom. The number of fused-ring (bicyclic) bond motifs is 1. The summed E-state index contributed by atoms with van der Waals surface area (Å²) in [5.74, 6) is 0.584. The Morgan fingerprint density at radius 3 is 2.66 bits per heavy atom. The monoisotopic (exact) mass is 456 g/mol. The molecule has 0 bridgehead atoms. The van der Waals surface area contributed by atoms with Gasteiger partial charge in [0, 0.05) is 55.6 Å². The van der Waals surface area contributed by atoms with Crippen LogP contribution in [0, 0.1) is 10.8 Å². The van der Waals surface area contributed by atoms with Crippen LogP contribution in [-0.4, -0.2) is 50.7 Å². The Labute approximate surface area is 192 Å². The van der Waals surface area contributed by atoms with E-state index in [9.17, 15) is 9.59 Å². The van der Waals surface area contributed by atoms with Gasteiger partial charge in [0.15, 0.2) is 0 Å². The highest BCUT2D eigenvalue weighted by Crippen LogP contribution is 2.53. The molecule has 32 heavy (non-hydrogen) atoms. The summed E-state index contributed by atoms with van der Waals surface area (Å²) in [6, 6.07) is 1.70. The van der Waals surface area contributed by atoms with E-state index in [1.165, 1.54) is 0 Å². The largest absolute Gasteiger partial charge is 0.343 e. The number of carbonyl (C=O) groups excluding carboxylic acids is 2. The summed E-state index contributed by atoms with van der Waals surface area (Å²) in [6.07, 6.45) is 7.18. The lowest BCUT2D eigenvalue weighted by atomic mass is 9.89. The molecule has 170 valence electrons. The summed E-state index contributed by atoms with van der Waals surface area (Å²) in [5.41, 5.74) is 3.28. The second-order valence-corrected chi connectivity index (χ2v) is 10.7. The number of piperidine rings is 1. The van der Waals surface area contributed by atoms with Gasteiger partial charge in [-0.05, 0) is 42.6 Å². The number of likely N-dealkylation sites (tertiary alicyclic amines) is 1. The van der Waals surface area contributed by atoms with Crippen LogP contribution in [0.4, 0.5) is 10.6 Å². The molecule has 1 atom stereocenters. The molecule has 2 fully saturated rings. The van der Waals surface area contributed by atoms with Gasteiger partial charge >= 0.3 is 6.03 Å². The second-order valence-electron chi connectivity index (χ2n) is 10.3. The number of halogens is 1. The van der Waals surface area contributed by atoms with Gasteiger partial charge in [0.2, 0.25) is 5.91 Å². The summed E-state index contributed by atoms with van der Waals surface area (Å²) < 4.78 is 2.04. The zero-order chi connectivity index (χ0) is 22.7. The van der Waals surface area contributed by atoms with Crippen molar-refractivity contribution in [3.8, 4) is 11.1 Å². The molecular formula is C23H29ClN6O2. The first-order valence-corrected chi connectivity index (χ1v) is 11.6. The summed E-state index contributed by atoms with van der Waals surface area (Å²) in [7, 11) is 0. The highest BCUT2D eigenvalue weighted by Gasteiger charge is 2.55. The maximum absolute atomic E-state index is 12.6. The molecule has 2 N–H and O–H groups in total. The first kappa shape index (κ1) is 21.2. The number of nitrogens with one attached hydrogen (secondary N) is 2. The Balaban J connectivity index is 1.24. The smallest absolute Gasteiger partial charge is 0.320 e. The lowest BCUT2D eigenvalue weighted by Gasteiger charge is -2.32. The molecule has 3 amide bonds. The number of aromatic nitrogens is 3. The average Bonchev–Trinajstić information content (AvgIpc) is 3.06. The molecule has 1 spiro atoms. The molecule has 3 aliphatic rings. The zero-order valence-electron chi connectivity index (χ0n) is 18.7. The number of nitrogens with zero attached hydrogens (tertiary/aromatic N) is 4. The van der Waals surface area contributed by atoms with E-state index in [1.807, 2.05) is 21.8 Å². The highest BCUT2D eigenvalue weighted by molar-refractivity contribution is 6.33. The molecule has 1 aliphatic carbocycles. The van der Waals surface area contributed by atoms with Gasteiger partial charge in [0.05, 0.1) is 11.2 Å². The molecule has 9 heteroatoms. The molecule has 0 aromatic carbocycles. The van der Waals surface area contributed by atoms with Crippen molar-refractivity contribution in [2.45, 2.75) is 59.0 Å². The number of anilines is 1. The van der Waals surface area contributed by atoms with Gasteiger partial charge in [0.1, 0.15) is 5.82 Å². The van der Waals surface area contributed by atoms with Crippen molar-refractivity contribution < 1.29 is 9.59 Å². The van der Waals surface area contributed by atoms with E-state index >= 15 is 0 Å². The SMILES string of the molecule is CC(=O)N1CCC2(CC1)CC2NC(=O)Nc1cc(-c2cnn3c2CC(C)(C)C3)c(Cl)cn1. The van der Waals surface area contributed by atoms with Crippen molar-refractivity contribution in [2.75, 3.05) is 18.4 Å². The zero-order valence-corrected chi connectivity index (χ0v) is 19.5. The summed E-state index contributed by atoms with van der Waals surface area (Å²) in [5, 5.41) is 11.0. The fourth-order valence-corrected chi connectivity index (χ4v) is 5.47. The van der Waals surface area contributed by atoms with Crippen LogP contribution in [0.25, 0.3) is 11.1 Å². The fourth-order valence-electron chi connectivity index (χ4n) is 5.27. The predicted molar refractivity (Wildman–Crippen MR) is 122 cm³/mol. The molecule has 2 aromatic rings. The quantitative estimate of drug-likeness (QED) is 0.736. The minimum Gasteiger partial charge on any atom is -0.343 e. The first-order valence-electron chi connectivity index (χ1n) is 11.2. The Morgan fingerprint density at radius 1 is 1.19 bits per heavy atom. The second kappa shape index (κ2) is 7.47. The maximum Gasteiger partial charge on any atom is 0.320 e. The van der Waals surface area contributed by atoms with Crippen molar-refractivity contribution in [3.05, 3.63) is 29.2 Å². The third kappa shape index (κ3) is 3.85. The van der Waals surface area contributed by atoms with E-state index < -0.39 is 0 Å².